The molecule has 0 aliphatic carbocycles. The predicted molar refractivity (Wildman–Crippen MR) is 58.3 cm³/mol. The molecule has 5 nitrogen and oxygen atoms in total. The summed E-state index contributed by atoms with van der Waals surface area (Å²) in [5.41, 5.74) is 1.29. The summed E-state index contributed by atoms with van der Waals surface area (Å²) >= 11 is 0. The molecule has 5 heteroatoms. The Morgan fingerprint density at radius 3 is 2.69 bits per heavy atom. The van der Waals surface area contributed by atoms with Crippen LogP contribution in [0.2, 0.25) is 0 Å². The van der Waals surface area contributed by atoms with E-state index < -0.39 is 16.8 Å². The van der Waals surface area contributed by atoms with Gasteiger partial charge in [0, 0.05) is 11.6 Å². The highest BCUT2D eigenvalue weighted by molar-refractivity contribution is 5.70. The van der Waals surface area contributed by atoms with Crippen LogP contribution in [0.25, 0.3) is 0 Å². The lowest BCUT2D eigenvalue weighted by molar-refractivity contribution is -0.385. The summed E-state index contributed by atoms with van der Waals surface area (Å²) in [6.07, 6.45) is 0.308. The maximum absolute atomic E-state index is 10.7. The molecular formula is C11H13NO4. The Morgan fingerprint density at radius 1 is 1.56 bits per heavy atom. The normalized spacial score (nSPS) is 12.1. The Labute approximate surface area is 92.9 Å². The molecule has 0 radical (unpaired) electrons. The highest BCUT2D eigenvalue weighted by Gasteiger charge is 2.17. The molecule has 0 aliphatic rings. The van der Waals surface area contributed by atoms with Crippen LogP contribution in [-0.4, -0.2) is 16.0 Å². The lowest BCUT2D eigenvalue weighted by atomic mass is 9.96. The Balaban J connectivity index is 3.02. The van der Waals surface area contributed by atoms with Crippen LogP contribution in [0, 0.1) is 23.0 Å². The average Bonchev–Trinajstić information content (AvgIpc) is 2.20. The predicted octanol–water partition coefficient (Wildman–Crippen LogP) is 2.17. The van der Waals surface area contributed by atoms with Gasteiger partial charge in [-0.05, 0) is 18.9 Å². The first-order valence-electron chi connectivity index (χ1n) is 4.89. The number of nitrogens with zero attached hydrogens (tertiary/aromatic N) is 1. The van der Waals surface area contributed by atoms with E-state index in [1.54, 1.807) is 26.0 Å². The average molecular weight is 223 g/mol. The van der Waals surface area contributed by atoms with Gasteiger partial charge in [-0.2, -0.15) is 0 Å². The maximum atomic E-state index is 10.7. The third kappa shape index (κ3) is 2.56. The monoisotopic (exact) mass is 223 g/mol. The minimum absolute atomic E-state index is 0.0371. The van der Waals surface area contributed by atoms with E-state index in [4.69, 9.17) is 5.11 Å². The van der Waals surface area contributed by atoms with Crippen LogP contribution in [0.5, 0.6) is 0 Å². The Morgan fingerprint density at radius 2 is 2.19 bits per heavy atom. The molecule has 0 saturated heterocycles. The molecular weight excluding hydrogens is 210 g/mol. The van der Waals surface area contributed by atoms with Crippen LogP contribution in [-0.2, 0) is 11.2 Å². The maximum Gasteiger partial charge on any atom is 0.306 e. The zero-order valence-electron chi connectivity index (χ0n) is 9.14. The van der Waals surface area contributed by atoms with Crippen molar-refractivity contribution in [1.29, 1.82) is 0 Å². The van der Waals surface area contributed by atoms with Gasteiger partial charge in [0.25, 0.3) is 5.69 Å². The molecule has 1 rings (SSSR count). The van der Waals surface area contributed by atoms with Crippen LogP contribution in [0.15, 0.2) is 18.2 Å². The lowest BCUT2D eigenvalue weighted by Crippen LogP contribution is -2.13. The summed E-state index contributed by atoms with van der Waals surface area (Å²) in [4.78, 5) is 20.9. The minimum atomic E-state index is -0.897. The van der Waals surface area contributed by atoms with Crippen molar-refractivity contribution >= 4 is 11.7 Å². The van der Waals surface area contributed by atoms with Gasteiger partial charge >= 0.3 is 5.97 Å². The van der Waals surface area contributed by atoms with Gasteiger partial charge in [-0.3, -0.25) is 14.9 Å². The third-order valence-corrected chi connectivity index (χ3v) is 2.56. The molecule has 1 unspecified atom stereocenters. The van der Waals surface area contributed by atoms with Crippen molar-refractivity contribution in [3.8, 4) is 0 Å². The van der Waals surface area contributed by atoms with Gasteiger partial charge < -0.3 is 5.11 Å². The number of hydrogen-bond donors (Lipinski definition) is 1. The fraction of sp³-hybridized carbons (Fsp3) is 0.364. The summed E-state index contributed by atoms with van der Waals surface area (Å²) in [7, 11) is 0. The van der Waals surface area contributed by atoms with E-state index in [1.807, 2.05) is 0 Å². The molecule has 0 saturated carbocycles. The number of carboxylic acids is 1. The SMILES string of the molecule is Cc1c(CC(C)C(=O)O)cccc1[N+](=O)[O-]. The highest BCUT2D eigenvalue weighted by atomic mass is 16.6. The van der Waals surface area contributed by atoms with Crippen LogP contribution in [0.1, 0.15) is 18.1 Å². The first-order valence-corrected chi connectivity index (χ1v) is 4.89. The molecule has 0 fully saturated rings. The van der Waals surface area contributed by atoms with Gasteiger partial charge in [-0.15, -0.1) is 0 Å². The van der Waals surface area contributed by atoms with E-state index in [0.29, 0.717) is 17.5 Å². The Bertz CT molecular complexity index is 428. The number of hydrogen-bond acceptors (Lipinski definition) is 3. The fourth-order valence-corrected chi connectivity index (χ4v) is 1.51. The molecule has 86 valence electrons. The number of carbonyl (C=O) groups is 1. The molecule has 0 amide bonds. The first kappa shape index (κ1) is 12.2. The van der Waals surface area contributed by atoms with Gasteiger partial charge in [0.1, 0.15) is 0 Å². The second-order valence-corrected chi connectivity index (χ2v) is 3.76. The smallest absolute Gasteiger partial charge is 0.306 e. The summed E-state index contributed by atoms with van der Waals surface area (Å²) in [5.74, 6) is -1.44. The molecule has 0 heterocycles. The molecule has 1 atom stereocenters. The standard InChI is InChI=1S/C11H13NO4/c1-7(11(13)14)6-9-4-3-5-10(8(9)2)12(15)16/h3-5,7H,6H2,1-2H3,(H,13,14). The van der Waals surface area contributed by atoms with E-state index >= 15 is 0 Å². The number of aliphatic carboxylic acids is 1. The number of benzene rings is 1. The molecule has 0 spiro atoms. The van der Waals surface area contributed by atoms with Gasteiger partial charge in [0.05, 0.1) is 10.8 Å². The van der Waals surface area contributed by atoms with Crippen LogP contribution < -0.4 is 0 Å². The minimum Gasteiger partial charge on any atom is -0.481 e. The molecule has 0 bridgehead atoms. The van der Waals surface area contributed by atoms with Crippen molar-refractivity contribution in [2.75, 3.05) is 0 Å². The van der Waals surface area contributed by atoms with Crippen molar-refractivity contribution in [1.82, 2.24) is 0 Å². The zero-order valence-corrected chi connectivity index (χ0v) is 9.14. The van der Waals surface area contributed by atoms with Crippen LogP contribution >= 0.6 is 0 Å². The number of rotatable bonds is 4. The number of carboxylic acid groups (broad SMARTS) is 1. The van der Waals surface area contributed by atoms with Gasteiger partial charge in [-0.25, -0.2) is 0 Å². The fourth-order valence-electron chi connectivity index (χ4n) is 1.51. The number of nitro benzene ring substituents is 1. The largest absolute Gasteiger partial charge is 0.481 e. The van der Waals surface area contributed by atoms with Gasteiger partial charge in [0.15, 0.2) is 0 Å². The second-order valence-electron chi connectivity index (χ2n) is 3.76. The van der Waals surface area contributed by atoms with E-state index in [0.717, 1.165) is 0 Å². The molecule has 1 aromatic carbocycles. The number of nitro groups is 1. The Kier molecular flexibility index (Phi) is 3.60. The first-order chi connectivity index (χ1) is 7.43. The third-order valence-electron chi connectivity index (χ3n) is 2.56. The summed E-state index contributed by atoms with van der Waals surface area (Å²) in [6, 6.07) is 4.72. The molecule has 1 aromatic rings. The van der Waals surface area contributed by atoms with Crippen molar-refractivity contribution in [3.63, 3.8) is 0 Å². The van der Waals surface area contributed by atoms with Crippen molar-refractivity contribution in [2.24, 2.45) is 5.92 Å². The van der Waals surface area contributed by atoms with Crippen molar-refractivity contribution < 1.29 is 14.8 Å². The summed E-state index contributed by atoms with van der Waals surface area (Å²) < 4.78 is 0. The molecule has 0 aliphatic heterocycles. The molecule has 16 heavy (non-hydrogen) atoms. The quantitative estimate of drug-likeness (QED) is 0.626. The van der Waals surface area contributed by atoms with Crippen LogP contribution in [0.3, 0.4) is 0 Å². The topological polar surface area (TPSA) is 80.4 Å². The van der Waals surface area contributed by atoms with Crippen molar-refractivity contribution in [2.45, 2.75) is 20.3 Å². The van der Waals surface area contributed by atoms with E-state index in [1.165, 1.54) is 6.07 Å². The van der Waals surface area contributed by atoms with E-state index in [9.17, 15) is 14.9 Å². The molecule has 0 aromatic heterocycles. The lowest BCUT2D eigenvalue weighted by Gasteiger charge is -2.09. The van der Waals surface area contributed by atoms with Crippen LogP contribution in [0.4, 0.5) is 5.69 Å². The van der Waals surface area contributed by atoms with Gasteiger partial charge in [-0.1, -0.05) is 19.1 Å². The summed E-state index contributed by atoms with van der Waals surface area (Å²) in [6.45, 7) is 3.22. The van der Waals surface area contributed by atoms with Gasteiger partial charge in [0.2, 0.25) is 0 Å². The van der Waals surface area contributed by atoms with Crippen molar-refractivity contribution in [3.05, 3.63) is 39.4 Å². The molecule has 1 N–H and O–H groups in total. The van der Waals surface area contributed by atoms with E-state index in [-0.39, 0.29) is 5.69 Å². The summed E-state index contributed by atoms with van der Waals surface area (Å²) in [5, 5.41) is 19.5. The van der Waals surface area contributed by atoms with E-state index in [2.05, 4.69) is 0 Å². The highest BCUT2D eigenvalue weighted by Crippen LogP contribution is 2.23. The second kappa shape index (κ2) is 4.74. The zero-order chi connectivity index (χ0) is 12.3. The Hall–Kier alpha value is -1.91.